The van der Waals surface area contributed by atoms with Crippen LogP contribution in [0.4, 0.5) is 0 Å². The van der Waals surface area contributed by atoms with Crippen LogP contribution in [0.2, 0.25) is 0 Å². The van der Waals surface area contributed by atoms with E-state index in [4.69, 9.17) is 0 Å². The van der Waals surface area contributed by atoms with Gasteiger partial charge in [-0.3, -0.25) is 4.90 Å². The van der Waals surface area contributed by atoms with Crippen LogP contribution in [0.15, 0.2) is 18.2 Å². The van der Waals surface area contributed by atoms with Gasteiger partial charge in [-0.25, -0.2) is 0 Å². The maximum Gasteiger partial charge on any atom is 0.0679 e. The fraction of sp³-hybridized carbons (Fsp3) is 0.571. The van der Waals surface area contributed by atoms with Crippen LogP contribution in [0.5, 0.6) is 0 Å². The van der Waals surface area contributed by atoms with Crippen molar-refractivity contribution in [3.05, 3.63) is 34.9 Å². The summed E-state index contributed by atoms with van der Waals surface area (Å²) in [7, 11) is 0. The molecule has 0 aromatic heterocycles. The Morgan fingerprint density at radius 3 is 2.94 bits per heavy atom. The summed E-state index contributed by atoms with van der Waals surface area (Å²) in [6.45, 7) is 2.89. The number of aliphatic hydroxyl groups excluding tert-OH is 1. The third-order valence-electron chi connectivity index (χ3n) is 3.82. The maximum atomic E-state index is 9.49. The van der Waals surface area contributed by atoms with E-state index < -0.39 is 0 Å². The van der Waals surface area contributed by atoms with Crippen LogP contribution in [0.3, 0.4) is 0 Å². The van der Waals surface area contributed by atoms with E-state index in [-0.39, 0.29) is 6.10 Å². The van der Waals surface area contributed by atoms with Gasteiger partial charge in [-0.2, -0.15) is 0 Å². The highest BCUT2D eigenvalue weighted by Gasteiger charge is 2.20. The van der Waals surface area contributed by atoms with Gasteiger partial charge in [-0.1, -0.05) is 18.2 Å². The molecular weight excluding hydrogens is 198 g/mol. The van der Waals surface area contributed by atoms with E-state index in [0.29, 0.717) is 0 Å². The van der Waals surface area contributed by atoms with Gasteiger partial charge in [0.1, 0.15) is 0 Å². The molecule has 0 amide bonds. The van der Waals surface area contributed by atoms with Gasteiger partial charge in [0.2, 0.25) is 0 Å². The summed E-state index contributed by atoms with van der Waals surface area (Å²) in [6.07, 6.45) is 4.67. The standard InChI is InChI=1S/C14H19NO/c16-14-6-7-15(10-14)9-11-4-5-12-2-1-3-13(12)8-11/h4-5,8,14,16H,1-3,6-7,9-10H2. The Morgan fingerprint density at radius 2 is 2.12 bits per heavy atom. The Balaban J connectivity index is 1.71. The van der Waals surface area contributed by atoms with Crippen molar-refractivity contribution in [1.29, 1.82) is 0 Å². The van der Waals surface area contributed by atoms with Gasteiger partial charge in [-0.15, -0.1) is 0 Å². The minimum absolute atomic E-state index is 0.102. The third-order valence-corrected chi connectivity index (χ3v) is 3.82. The van der Waals surface area contributed by atoms with E-state index in [9.17, 15) is 5.11 Å². The molecule has 2 nitrogen and oxygen atoms in total. The molecule has 1 aromatic carbocycles. The number of aryl methyl sites for hydroxylation is 2. The van der Waals surface area contributed by atoms with Crippen LogP contribution in [-0.4, -0.2) is 29.2 Å². The number of rotatable bonds is 2. The zero-order chi connectivity index (χ0) is 11.0. The van der Waals surface area contributed by atoms with Crippen molar-refractivity contribution in [1.82, 2.24) is 4.90 Å². The first-order valence-electron chi connectivity index (χ1n) is 6.32. The van der Waals surface area contributed by atoms with Crippen LogP contribution in [0.25, 0.3) is 0 Å². The minimum Gasteiger partial charge on any atom is -0.392 e. The number of likely N-dealkylation sites (tertiary alicyclic amines) is 1. The lowest BCUT2D eigenvalue weighted by Crippen LogP contribution is -2.21. The van der Waals surface area contributed by atoms with Gasteiger partial charge in [0, 0.05) is 19.6 Å². The highest BCUT2D eigenvalue weighted by atomic mass is 16.3. The lowest BCUT2D eigenvalue weighted by atomic mass is 10.1. The number of hydrogen-bond acceptors (Lipinski definition) is 2. The van der Waals surface area contributed by atoms with Gasteiger partial charge in [-0.05, 0) is 42.4 Å². The number of β-amino-alcohol motifs (C(OH)–C–C–N with tert-alkyl or cyclic N) is 1. The highest BCUT2D eigenvalue weighted by molar-refractivity contribution is 5.35. The van der Waals surface area contributed by atoms with E-state index in [2.05, 4.69) is 23.1 Å². The minimum atomic E-state index is -0.102. The predicted octanol–water partition coefficient (Wildman–Crippen LogP) is 1.74. The zero-order valence-electron chi connectivity index (χ0n) is 9.65. The van der Waals surface area contributed by atoms with Gasteiger partial charge in [0.25, 0.3) is 0 Å². The van der Waals surface area contributed by atoms with Crippen LogP contribution in [0.1, 0.15) is 29.5 Å². The SMILES string of the molecule is OC1CCN(Cc2ccc3c(c2)CCC3)C1. The molecule has 0 bridgehead atoms. The molecule has 0 radical (unpaired) electrons. The molecule has 1 aromatic rings. The summed E-state index contributed by atoms with van der Waals surface area (Å²) in [5.74, 6) is 0. The lowest BCUT2D eigenvalue weighted by Gasteiger charge is -2.15. The molecule has 1 saturated heterocycles. The van der Waals surface area contributed by atoms with Gasteiger partial charge in [0.05, 0.1) is 6.10 Å². The van der Waals surface area contributed by atoms with E-state index in [0.717, 1.165) is 26.1 Å². The number of fused-ring (bicyclic) bond motifs is 1. The topological polar surface area (TPSA) is 23.5 Å². The first kappa shape index (κ1) is 10.3. The molecule has 1 heterocycles. The summed E-state index contributed by atoms with van der Waals surface area (Å²) >= 11 is 0. The molecule has 1 atom stereocenters. The fourth-order valence-electron chi connectivity index (χ4n) is 2.94. The second-order valence-corrected chi connectivity index (χ2v) is 5.13. The summed E-state index contributed by atoms with van der Waals surface area (Å²) in [5, 5.41) is 9.49. The smallest absolute Gasteiger partial charge is 0.0679 e. The van der Waals surface area contributed by atoms with Crippen molar-refractivity contribution in [2.45, 2.75) is 38.3 Å². The third kappa shape index (κ3) is 2.00. The second kappa shape index (κ2) is 4.19. The van der Waals surface area contributed by atoms with Crippen LogP contribution >= 0.6 is 0 Å². The molecule has 2 aliphatic rings. The van der Waals surface area contributed by atoms with Crippen molar-refractivity contribution < 1.29 is 5.11 Å². The molecule has 1 aliphatic carbocycles. The second-order valence-electron chi connectivity index (χ2n) is 5.13. The van der Waals surface area contributed by atoms with E-state index in [1.165, 1.54) is 24.8 Å². The summed E-state index contributed by atoms with van der Waals surface area (Å²) in [5.41, 5.74) is 4.51. The molecule has 1 N–H and O–H groups in total. The van der Waals surface area contributed by atoms with Gasteiger partial charge in [0.15, 0.2) is 0 Å². The zero-order valence-corrected chi connectivity index (χ0v) is 9.65. The number of hydrogen-bond donors (Lipinski definition) is 1. The van der Waals surface area contributed by atoms with Gasteiger partial charge >= 0.3 is 0 Å². The number of aliphatic hydroxyl groups is 1. The predicted molar refractivity (Wildman–Crippen MR) is 64.4 cm³/mol. The summed E-state index contributed by atoms with van der Waals surface area (Å²) in [6, 6.07) is 6.92. The van der Waals surface area contributed by atoms with Crippen molar-refractivity contribution in [2.24, 2.45) is 0 Å². The molecule has 2 heteroatoms. The Kier molecular flexibility index (Phi) is 2.70. The largest absolute Gasteiger partial charge is 0.392 e. The summed E-state index contributed by atoms with van der Waals surface area (Å²) in [4.78, 5) is 2.35. The number of nitrogens with zero attached hydrogens (tertiary/aromatic N) is 1. The quantitative estimate of drug-likeness (QED) is 0.815. The molecule has 1 unspecified atom stereocenters. The van der Waals surface area contributed by atoms with Crippen molar-refractivity contribution in [3.63, 3.8) is 0 Å². The van der Waals surface area contributed by atoms with E-state index >= 15 is 0 Å². The first-order chi connectivity index (χ1) is 7.81. The number of benzene rings is 1. The fourth-order valence-corrected chi connectivity index (χ4v) is 2.94. The molecule has 86 valence electrons. The molecule has 3 rings (SSSR count). The van der Waals surface area contributed by atoms with Crippen molar-refractivity contribution in [3.8, 4) is 0 Å². The molecule has 0 saturated carbocycles. The molecule has 16 heavy (non-hydrogen) atoms. The highest BCUT2D eigenvalue weighted by Crippen LogP contribution is 2.24. The molecular formula is C14H19NO. The van der Waals surface area contributed by atoms with E-state index in [1.54, 1.807) is 11.1 Å². The lowest BCUT2D eigenvalue weighted by molar-refractivity contribution is 0.175. The van der Waals surface area contributed by atoms with Crippen molar-refractivity contribution in [2.75, 3.05) is 13.1 Å². The van der Waals surface area contributed by atoms with E-state index in [1.807, 2.05) is 0 Å². The Morgan fingerprint density at radius 1 is 1.25 bits per heavy atom. The first-order valence-corrected chi connectivity index (χ1v) is 6.32. The Labute approximate surface area is 96.9 Å². The normalized spacial score (nSPS) is 24.9. The van der Waals surface area contributed by atoms with Crippen LogP contribution in [0, 0.1) is 0 Å². The van der Waals surface area contributed by atoms with Crippen LogP contribution < -0.4 is 0 Å². The van der Waals surface area contributed by atoms with Crippen molar-refractivity contribution >= 4 is 0 Å². The average Bonchev–Trinajstić information content (AvgIpc) is 2.87. The molecule has 1 aliphatic heterocycles. The van der Waals surface area contributed by atoms with Crippen LogP contribution in [-0.2, 0) is 19.4 Å². The summed E-state index contributed by atoms with van der Waals surface area (Å²) < 4.78 is 0. The molecule has 0 spiro atoms. The Hall–Kier alpha value is -0.860. The average molecular weight is 217 g/mol. The van der Waals surface area contributed by atoms with Gasteiger partial charge < -0.3 is 5.11 Å². The Bertz CT molecular complexity index is 388. The monoisotopic (exact) mass is 217 g/mol. The maximum absolute atomic E-state index is 9.49. The molecule has 1 fully saturated rings.